The second-order valence-electron chi connectivity index (χ2n) is 5.05. The molecule has 0 radical (unpaired) electrons. The Bertz CT molecular complexity index is 634. The standard InChI is InChI=1S/C19H20O3/c1-3-10-15(2)22-19(21,17-13-8-5-9-14-17)18(20)16-11-6-4-7-12-16/h3-15,21H,1-2H3. The van der Waals surface area contributed by atoms with Crippen LogP contribution >= 0.6 is 0 Å². The van der Waals surface area contributed by atoms with Gasteiger partial charge < -0.3 is 9.84 Å². The number of aliphatic hydroxyl groups is 1. The number of rotatable bonds is 6. The third-order valence-electron chi connectivity index (χ3n) is 3.33. The third-order valence-corrected chi connectivity index (χ3v) is 3.33. The number of carbonyl (C=O) groups excluding carboxylic acids is 1. The topological polar surface area (TPSA) is 46.5 Å². The summed E-state index contributed by atoms with van der Waals surface area (Å²) in [5, 5.41) is 11.0. The van der Waals surface area contributed by atoms with Crippen LogP contribution in [0.4, 0.5) is 0 Å². The zero-order valence-corrected chi connectivity index (χ0v) is 12.8. The zero-order chi connectivity index (χ0) is 16.0. The van der Waals surface area contributed by atoms with Gasteiger partial charge in [-0.25, -0.2) is 0 Å². The van der Waals surface area contributed by atoms with E-state index < -0.39 is 17.7 Å². The summed E-state index contributed by atoms with van der Waals surface area (Å²) in [5.74, 6) is -2.49. The number of ketones is 1. The summed E-state index contributed by atoms with van der Waals surface area (Å²) in [6.45, 7) is 3.65. The van der Waals surface area contributed by atoms with E-state index in [-0.39, 0.29) is 0 Å². The van der Waals surface area contributed by atoms with Gasteiger partial charge in [0.1, 0.15) is 0 Å². The maximum atomic E-state index is 12.8. The van der Waals surface area contributed by atoms with Crippen molar-refractivity contribution in [1.82, 2.24) is 0 Å². The van der Waals surface area contributed by atoms with Gasteiger partial charge in [-0.1, -0.05) is 72.8 Å². The minimum Gasteiger partial charge on any atom is -0.356 e. The molecule has 0 aliphatic carbocycles. The van der Waals surface area contributed by atoms with Crippen molar-refractivity contribution in [2.75, 3.05) is 0 Å². The van der Waals surface area contributed by atoms with Crippen molar-refractivity contribution < 1.29 is 14.6 Å². The molecule has 2 unspecified atom stereocenters. The fourth-order valence-corrected chi connectivity index (χ4v) is 2.28. The summed E-state index contributed by atoms with van der Waals surface area (Å²) in [7, 11) is 0. The van der Waals surface area contributed by atoms with Gasteiger partial charge in [0, 0.05) is 11.1 Å². The Morgan fingerprint density at radius 3 is 2.18 bits per heavy atom. The molecule has 3 heteroatoms. The molecule has 3 nitrogen and oxygen atoms in total. The van der Waals surface area contributed by atoms with E-state index in [2.05, 4.69) is 0 Å². The van der Waals surface area contributed by atoms with E-state index in [9.17, 15) is 9.90 Å². The van der Waals surface area contributed by atoms with Crippen LogP contribution in [0.3, 0.4) is 0 Å². The number of Topliss-reactive ketones (excluding diaryl/α,β-unsaturated/α-hetero) is 1. The van der Waals surface area contributed by atoms with Gasteiger partial charge in [0.2, 0.25) is 5.78 Å². The molecule has 0 bridgehead atoms. The Hall–Kier alpha value is -2.23. The van der Waals surface area contributed by atoms with Crippen LogP contribution in [0.5, 0.6) is 0 Å². The number of hydrogen-bond acceptors (Lipinski definition) is 3. The van der Waals surface area contributed by atoms with Gasteiger partial charge in [-0.2, -0.15) is 0 Å². The van der Waals surface area contributed by atoms with Crippen molar-refractivity contribution in [3.63, 3.8) is 0 Å². The molecule has 0 aliphatic heterocycles. The monoisotopic (exact) mass is 296 g/mol. The highest BCUT2D eigenvalue weighted by molar-refractivity contribution is 6.01. The molecule has 2 aromatic carbocycles. The van der Waals surface area contributed by atoms with Crippen LogP contribution in [0.2, 0.25) is 0 Å². The van der Waals surface area contributed by atoms with Gasteiger partial charge >= 0.3 is 0 Å². The first-order chi connectivity index (χ1) is 10.6. The Kier molecular flexibility index (Phi) is 5.26. The van der Waals surface area contributed by atoms with Crippen LogP contribution in [0.15, 0.2) is 72.8 Å². The van der Waals surface area contributed by atoms with Gasteiger partial charge in [0.25, 0.3) is 5.79 Å². The van der Waals surface area contributed by atoms with Crippen LogP contribution in [0.1, 0.15) is 29.8 Å². The number of hydrogen-bond donors (Lipinski definition) is 1. The quantitative estimate of drug-likeness (QED) is 0.502. The van der Waals surface area contributed by atoms with Gasteiger partial charge in [-0.05, 0) is 13.8 Å². The molecule has 2 aromatic rings. The van der Waals surface area contributed by atoms with Crippen molar-refractivity contribution in [2.24, 2.45) is 0 Å². The highest BCUT2D eigenvalue weighted by Crippen LogP contribution is 2.29. The molecule has 2 rings (SSSR count). The van der Waals surface area contributed by atoms with Gasteiger partial charge in [-0.15, -0.1) is 0 Å². The number of allylic oxidation sites excluding steroid dienone is 1. The lowest BCUT2D eigenvalue weighted by atomic mass is 9.96. The second kappa shape index (κ2) is 7.16. The Labute approximate surface area is 130 Å². The van der Waals surface area contributed by atoms with Crippen molar-refractivity contribution >= 4 is 5.78 Å². The SMILES string of the molecule is CC=CC(C)OC(O)(C(=O)c1ccccc1)c1ccccc1. The summed E-state index contributed by atoms with van der Waals surface area (Å²) < 4.78 is 5.70. The zero-order valence-electron chi connectivity index (χ0n) is 12.8. The van der Waals surface area contributed by atoms with E-state index in [1.54, 1.807) is 61.5 Å². The van der Waals surface area contributed by atoms with E-state index in [1.165, 1.54) is 0 Å². The number of benzene rings is 2. The first kappa shape index (κ1) is 16.1. The fraction of sp³-hybridized carbons (Fsp3) is 0.211. The Morgan fingerprint density at radius 1 is 1.09 bits per heavy atom. The highest BCUT2D eigenvalue weighted by atomic mass is 16.6. The summed E-state index contributed by atoms with van der Waals surface area (Å²) >= 11 is 0. The summed E-state index contributed by atoms with van der Waals surface area (Å²) in [5.41, 5.74) is 0.821. The lowest BCUT2D eigenvalue weighted by Gasteiger charge is -2.29. The molecule has 22 heavy (non-hydrogen) atoms. The summed E-state index contributed by atoms with van der Waals surface area (Å²) in [6, 6.07) is 17.4. The predicted molar refractivity (Wildman–Crippen MR) is 86.5 cm³/mol. The molecule has 0 saturated carbocycles. The van der Waals surface area contributed by atoms with Crippen LogP contribution in [-0.4, -0.2) is 17.0 Å². The van der Waals surface area contributed by atoms with Crippen molar-refractivity contribution in [2.45, 2.75) is 25.7 Å². The average Bonchev–Trinajstić information content (AvgIpc) is 2.56. The Balaban J connectivity index is 2.43. The first-order valence-electron chi connectivity index (χ1n) is 7.26. The lowest BCUT2D eigenvalue weighted by molar-refractivity contribution is -0.188. The van der Waals surface area contributed by atoms with E-state index >= 15 is 0 Å². The summed E-state index contributed by atoms with van der Waals surface area (Å²) in [4.78, 5) is 12.8. The van der Waals surface area contributed by atoms with Gasteiger partial charge in [0.15, 0.2) is 0 Å². The molecule has 1 N–H and O–H groups in total. The van der Waals surface area contributed by atoms with Crippen LogP contribution in [0.25, 0.3) is 0 Å². The second-order valence-corrected chi connectivity index (χ2v) is 5.05. The van der Waals surface area contributed by atoms with E-state index in [0.29, 0.717) is 11.1 Å². The molecule has 0 fully saturated rings. The van der Waals surface area contributed by atoms with Crippen LogP contribution in [0, 0.1) is 0 Å². The molecular weight excluding hydrogens is 276 g/mol. The molecule has 0 amide bonds. The highest BCUT2D eigenvalue weighted by Gasteiger charge is 2.40. The molecule has 0 saturated heterocycles. The maximum Gasteiger partial charge on any atom is 0.259 e. The minimum absolute atomic E-state index is 0.400. The maximum absolute atomic E-state index is 12.8. The van der Waals surface area contributed by atoms with E-state index in [4.69, 9.17) is 4.74 Å². The van der Waals surface area contributed by atoms with E-state index in [0.717, 1.165) is 0 Å². The van der Waals surface area contributed by atoms with E-state index in [1.807, 2.05) is 25.1 Å². The van der Waals surface area contributed by atoms with Crippen LogP contribution in [-0.2, 0) is 10.5 Å². The number of ether oxygens (including phenoxy) is 1. The molecular formula is C19H20O3. The average molecular weight is 296 g/mol. The molecule has 2 atom stereocenters. The first-order valence-corrected chi connectivity index (χ1v) is 7.26. The van der Waals surface area contributed by atoms with Crippen LogP contribution < -0.4 is 0 Å². The normalized spacial score (nSPS) is 15.4. The lowest BCUT2D eigenvalue weighted by Crippen LogP contribution is -2.41. The molecule has 0 aliphatic rings. The van der Waals surface area contributed by atoms with Crippen molar-refractivity contribution in [3.8, 4) is 0 Å². The Morgan fingerprint density at radius 2 is 1.64 bits per heavy atom. The van der Waals surface area contributed by atoms with Crippen molar-refractivity contribution in [1.29, 1.82) is 0 Å². The molecule has 0 spiro atoms. The number of carbonyl (C=O) groups is 1. The predicted octanol–water partition coefficient (Wildman–Crippen LogP) is 3.70. The molecule has 114 valence electrons. The van der Waals surface area contributed by atoms with Gasteiger partial charge in [0.05, 0.1) is 6.10 Å². The third kappa shape index (κ3) is 3.50. The van der Waals surface area contributed by atoms with Crippen molar-refractivity contribution in [3.05, 3.63) is 83.9 Å². The molecule has 0 heterocycles. The summed E-state index contributed by atoms with van der Waals surface area (Å²) in [6.07, 6.45) is 3.21. The van der Waals surface area contributed by atoms with Gasteiger partial charge in [-0.3, -0.25) is 4.79 Å². The molecule has 0 aromatic heterocycles. The smallest absolute Gasteiger partial charge is 0.259 e. The fourth-order valence-electron chi connectivity index (χ4n) is 2.28. The minimum atomic E-state index is -2.01. The largest absolute Gasteiger partial charge is 0.356 e.